The van der Waals surface area contributed by atoms with E-state index in [1.165, 1.54) is 6.26 Å². The van der Waals surface area contributed by atoms with Gasteiger partial charge < -0.3 is 9.88 Å². The molecule has 9 heteroatoms. The van der Waals surface area contributed by atoms with E-state index < -0.39 is 10.0 Å². The van der Waals surface area contributed by atoms with Crippen LogP contribution in [0.3, 0.4) is 0 Å². The Morgan fingerprint density at radius 2 is 2.00 bits per heavy atom. The van der Waals surface area contributed by atoms with E-state index in [2.05, 4.69) is 26.5 Å². The van der Waals surface area contributed by atoms with Gasteiger partial charge in [0.25, 0.3) is 5.56 Å². The van der Waals surface area contributed by atoms with Crippen LogP contribution in [0.1, 0.15) is 25.3 Å². The Kier molecular flexibility index (Phi) is 5.57. The molecule has 0 aliphatic carbocycles. The molecule has 4 rings (SSSR count). The fourth-order valence-corrected chi connectivity index (χ4v) is 4.74. The summed E-state index contributed by atoms with van der Waals surface area (Å²) in [6.45, 7) is 3.47. The second-order valence-electron chi connectivity index (χ2n) is 7.66. The van der Waals surface area contributed by atoms with Crippen LogP contribution in [-0.2, 0) is 16.4 Å². The third-order valence-electron chi connectivity index (χ3n) is 5.41. The van der Waals surface area contributed by atoms with Gasteiger partial charge in [0.05, 0.1) is 23.5 Å². The zero-order chi connectivity index (χ0) is 21.3. The molecule has 1 aliphatic rings. The quantitative estimate of drug-likeness (QED) is 0.645. The average molecular weight is 428 g/mol. The first-order valence-electron chi connectivity index (χ1n) is 10.0. The summed E-state index contributed by atoms with van der Waals surface area (Å²) in [4.78, 5) is 26.7. The molecule has 30 heavy (non-hydrogen) atoms. The van der Waals surface area contributed by atoms with Crippen LogP contribution in [0.5, 0.6) is 0 Å². The molecule has 0 saturated carbocycles. The highest BCUT2D eigenvalue weighted by Crippen LogP contribution is 2.28. The number of nitrogens with one attached hydrogen (secondary N) is 2. The van der Waals surface area contributed by atoms with Crippen molar-refractivity contribution >= 4 is 26.9 Å². The molecule has 0 spiro atoms. The molecular formula is C21H25N5O3S. The van der Waals surface area contributed by atoms with Crippen LogP contribution in [0.25, 0.3) is 22.2 Å². The number of piperidine rings is 1. The third-order valence-corrected chi connectivity index (χ3v) is 6.17. The monoisotopic (exact) mass is 427 g/mol. The van der Waals surface area contributed by atoms with E-state index in [1.54, 1.807) is 24.5 Å². The van der Waals surface area contributed by atoms with Gasteiger partial charge in [-0.05, 0) is 49.1 Å². The number of hydrogen-bond donors (Lipinski definition) is 2. The Labute approximate surface area is 175 Å². The summed E-state index contributed by atoms with van der Waals surface area (Å²) in [5.41, 5.74) is 3.73. The highest BCUT2D eigenvalue weighted by Gasteiger charge is 2.23. The van der Waals surface area contributed by atoms with Gasteiger partial charge in [-0.15, -0.1) is 0 Å². The number of aryl methyl sites for hydroxylation is 1. The molecule has 0 atom stereocenters. The zero-order valence-electron chi connectivity index (χ0n) is 17.1. The lowest BCUT2D eigenvalue weighted by molar-refractivity contribution is 0.460. The van der Waals surface area contributed by atoms with E-state index in [9.17, 15) is 13.2 Å². The number of fused-ring (bicyclic) bond motifs is 1. The van der Waals surface area contributed by atoms with Crippen molar-refractivity contribution in [3.8, 4) is 11.1 Å². The van der Waals surface area contributed by atoms with Crippen LogP contribution in [-0.4, -0.2) is 48.8 Å². The van der Waals surface area contributed by atoms with Crippen LogP contribution in [0.2, 0.25) is 0 Å². The van der Waals surface area contributed by atoms with Crippen LogP contribution >= 0.6 is 0 Å². The molecule has 0 amide bonds. The molecule has 3 aromatic rings. The van der Waals surface area contributed by atoms with E-state index in [-0.39, 0.29) is 11.6 Å². The summed E-state index contributed by atoms with van der Waals surface area (Å²) in [7, 11) is -3.20. The number of hydrogen-bond acceptors (Lipinski definition) is 6. The van der Waals surface area contributed by atoms with Gasteiger partial charge in [0.2, 0.25) is 10.0 Å². The summed E-state index contributed by atoms with van der Waals surface area (Å²) < 4.78 is 25.6. The maximum absolute atomic E-state index is 12.3. The smallest absolute Gasteiger partial charge is 0.255 e. The van der Waals surface area contributed by atoms with Crippen LogP contribution in [0.15, 0.2) is 41.5 Å². The minimum Gasteiger partial charge on any atom is -0.355 e. The van der Waals surface area contributed by atoms with Crippen molar-refractivity contribution in [1.82, 2.24) is 19.7 Å². The van der Waals surface area contributed by atoms with Gasteiger partial charge in [-0.25, -0.2) is 18.1 Å². The highest BCUT2D eigenvalue weighted by atomic mass is 32.2. The maximum atomic E-state index is 12.3. The summed E-state index contributed by atoms with van der Waals surface area (Å²) in [5, 5.41) is 0. The van der Waals surface area contributed by atoms with Crippen molar-refractivity contribution in [1.29, 1.82) is 0 Å². The standard InChI is InChI=1S/C21H25N5O3S/c1-3-14-11-17(16-5-4-8-22-21(16)27)20-18(12-14)24-19(13-23-20)26-9-6-15(7-10-26)25-30(2,28)29/h4-5,8,11-13,15,25H,3,6-7,9-10H2,1-2H3,(H,22,27). The fraction of sp³-hybridized carbons (Fsp3) is 0.381. The maximum Gasteiger partial charge on any atom is 0.255 e. The number of H-pyrrole nitrogens is 1. The minimum atomic E-state index is -3.20. The van der Waals surface area contributed by atoms with E-state index in [0.717, 1.165) is 28.9 Å². The van der Waals surface area contributed by atoms with Gasteiger partial charge in [-0.1, -0.05) is 6.92 Å². The number of benzene rings is 1. The number of aromatic amines is 1. The summed E-state index contributed by atoms with van der Waals surface area (Å²) in [6, 6.07) is 7.57. The van der Waals surface area contributed by atoms with Gasteiger partial charge >= 0.3 is 0 Å². The molecule has 0 unspecified atom stereocenters. The predicted molar refractivity (Wildman–Crippen MR) is 118 cm³/mol. The largest absolute Gasteiger partial charge is 0.355 e. The molecule has 1 fully saturated rings. The van der Waals surface area contributed by atoms with Crippen molar-refractivity contribution in [2.24, 2.45) is 0 Å². The Balaban J connectivity index is 1.67. The molecular weight excluding hydrogens is 402 g/mol. The molecule has 0 bridgehead atoms. The Hall–Kier alpha value is -2.78. The van der Waals surface area contributed by atoms with Crippen molar-refractivity contribution in [2.45, 2.75) is 32.2 Å². The summed E-state index contributed by atoms with van der Waals surface area (Å²) in [5.74, 6) is 0.765. The van der Waals surface area contributed by atoms with Gasteiger partial charge in [0.15, 0.2) is 0 Å². The Morgan fingerprint density at radius 3 is 2.67 bits per heavy atom. The molecule has 158 valence electrons. The molecule has 1 aliphatic heterocycles. The third kappa shape index (κ3) is 4.36. The van der Waals surface area contributed by atoms with Gasteiger partial charge in [-0.2, -0.15) is 0 Å². The summed E-state index contributed by atoms with van der Waals surface area (Å²) in [6.07, 6.45) is 6.79. The molecule has 2 aromatic heterocycles. The zero-order valence-corrected chi connectivity index (χ0v) is 17.9. The molecule has 0 radical (unpaired) electrons. The molecule has 1 aromatic carbocycles. The van der Waals surface area contributed by atoms with Crippen LogP contribution in [0.4, 0.5) is 5.82 Å². The lowest BCUT2D eigenvalue weighted by atomic mass is 10.0. The van der Waals surface area contributed by atoms with E-state index >= 15 is 0 Å². The van der Waals surface area contributed by atoms with Crippen LogP contribution < -0.4 is 15.2 Å². The number of nitrogens with zero attached hydrogens (tertiary/aromatic N) is 3. The Bertz CT molecular complexity index is 1230. The van der Waals surface area contributed by atoms with Crippen molar-refractivity contribution in [3.63, 3.8) is 0 Å². The van der Waals surface area contributed by atoms with Crippen molar-refractivity contribution < 1.29 is 8.42 Å². The van der Waals surface area contributed by atoms with E-state index in [4.69, 9.17) is 4.98 Å². The second kappa shape index (κ2) is 8.16. The van der Waals surface area contributed by atoms with Crippen LogP contribution in [0, 0.1) is 0 Å². The average Bonchev–Trinajstić information content (AvgIpc) is 2.72. The number of sulfonamides is 1. The lowest BCUT2D eigenvalue weighted by Gasteiger charge is -2.32. The molecule has 2 N–H and O–H groups in total. The second-order valence-corrected chi connectivity index (χ2v) is 9.44. The number of rotatable bonds is 5. The summed E-state index contributed by atoms with van der Waals surface area (Å²) >= 11 is 0. The van der Waals surface area contributed by atoms with Gasteiger partial charge in [0.1, 0.15) is 5.82 Å². The number of anilines is 1. The molecule has 8 nitrogen and oxygen atoms in total. The molecule has 1 saturated heterocycles. The first kappa shape index (κ1) is 20.5. The van der Waals surface area contributed by atoms with E-state index in [1.807, 2.05) is 12.1 Å². The van der Waals surface area contributed by atoms with Crippen molar-refractivity contribution in [2.75, 3.05) is 24.2 Å². The number of pyridine rings is 1. The molecule has 3 heterocycles. The first-order valence-corrected chi connectivity index (χ1v) is 11.9. The number of aromatic nitrogens is 3. The predicted octanol–water partition coefficient (Wildman–Crippen LogP) is 2.07. The Morgan fingerprint density at radius 1 is 1.23 bits per heavy atom. The highest BCUT2D eigenvalue weighted by molar-refractivity contribution is 7.88. The fourth-order valence-electron chi connectivity index (χ4n) is 3.90. The van der Waals surface area contributed by atoms with E-state index in [0.29, 0.717) is 37.0 Å². The topological polar surface area (TPSA) is 108 Å². The van der Waals surface area contributed by atoms with Crippen molar-refractivity contribution in [3.05, 3.63) is 52.6 Å². The first-order chi connectivity index (χ1) is 14.3. The normalized spacial score (nSPS) is 15.6. The van der Waals surface area contributed by atoms with Gasteiger partial charge in [0, 0.05) is 36.5 Å². The lowest BCUT2D eigenvalue weighted by Crippen LogP contribution is -2.44. The minimum absolute atomic E-state index is 0.0484. The SMILES string of the molecule is CCc1cc(-c2ccc[nH]c2=O)c2ncc(N3CCC(NS(C)(=O)=O)CC3)nc2c1. The van der Waals surface area contributed by atoms with Gasteiger partial charge in [-0.3, -0.25) is 9.78 Å².